The third-order valence-electron chi connectivity index (χ3n) is 8.69. The van der Waals surface area contributed by atoms with E-state index < -0.39 is 40.3 Å². The number of benzene rings is 2. The fourth-order valence-corrected chi connectivity index (χ4v) is 6.16. The van der Waals surface area contributed by atoms with E-state index in [2.05, 4.69) is 4.98 Å². The number of hydrogen-bond acceptors (Lipinski definition) is 8. The lowest BCUT2D eigenvalue weighted by atomic mass is 9.79. The van der Waals surface area contributed by atoms with Gasteiger partial charge in [-0.25, -0.2) is 9.78 Å². The van der Waals surface area contributed by atoms with Crippen LogP contribution >= 0.6 is 0 Å². The first-order valence-electron chi connectivity index (χ1n) is 15.8. The molecule has 2 aliphatic heterocycles. The Hall–Kier alpha value is -4.59. The van der Waals surface area contributed by atoms with Crippen LogP contribution in [0.3, 0.4) is 0 Å². The van der Waals surface area contributed by atoms with E-state index in [-0.39, 0.29) is 61.8 Å². The van der Waals surface area contributed by atoms with Crippen molar-refractivity contribution in [1.29, 1.82) is 0 Å². The molecule has 3 N–H and O–H groups in total. The van der Waals surface area contributed by atoms with Gasteiger partial charge in [0, 0.05) is 38.0 Å². The van der Waals surface area contributed by atoms with Gasteiger partial charge in [0.15, 0.2) is 5.69 Å². The summed E-state index contributed by atoms with van der Waals surface area (Å²) in [6, 6.07) is 13.7. The maximum atomic E-state index is 13.9. The molecular weight excluding hydrogens is 631 g/mol. The van der Waals surface area contributed by atoms with Gasteiger partial charge in [0.1, 0.15) is 17.7 Å². The second-order valence-electron chi connectivity index (χ2n) is 13.4. The van der Waals surface area contributed by atoms with Crippen molar-refractivity contribution >= 4 is 17.7 Å². The first kappa shape index (κ1) is 34.7. The van der Waals surface area contributed by atoms with Gasteiger partial charge in [-0.15, -0.1) is 0 Å². The van der Waals surface area contributed by atoms with Crippen LogP contribution in [0.4, 0.5) is 23.7 Å². The molecular formula is C34H40F3N5O6. The second kappa shape index (κ2) is 13.5. The Morgan fingerprint density at radius 1 is 1.02 bits per heavy atom. The standard InChI is InChI=1S/C34H40F3N5O6/c1-32(2,3)48-31(45)41-15-12-25(26(19-41)22-8-5-4-6-9-22)29(43)40-16-13-33(46,14-17-40)20-42-21-39-28(27(38)30(42)44)47-24-11-7-10-23(18-24)34(35,36)37/h4-11,18,21,25-26,46H,12-17,19-20,38H2,1-3H3/t25-,26+/m1/s1. The lowest BCUT2D eigenvalue weighted by Crippen LogP contribution is -2.53. The molecule has 2 fully saturated rings. The molecule has 0 spiro atoms. The lowest BCUT2D eigenvalue weighted by Gasteiger charge is -2.43. The van der Waals surface area contributed by atoms with Crippen LogP contribution in [0.1, 0.15) is 57.1 Å². The number of halogens is 3. The molecule has 258 valence electrons. The second-order valence-corrected chi connectivity index (χ2v) is 13.4. The molecule has 1 aromatic heterocycles. The quantitative estimate of drug-likeness (QED) is 0.372. The van der Waals surface area contributed by atoms with Crippen LogP contribution in [-0.2, 0) is 22.3 Å². The van der Waals surface area contributed by atoms with Crippen molar-refractivity contribution < 1.29 is 37.3 Å². The molecule has 11 nitrogen and oxygen atoms in total. The zero-order valence-corrected chi connectivity index (χ0v) is 27.1. The highest BCUT2D eigenvalue weighted by Gasteiger charge is 2.42. The number of nitrogen functional groups attached to an aromatic ring is 1. The maximum Gasteiger partial charge on any atom is 0.416 e. The van der Waals surface area contributed by atoms with Crippen LogP contribution in [-0.4, -0.2) is 73.8 Å². The summed E-state index contributed by atoms with van der Waals surface area (Å²) in [5.74, 6) is -1.23. The molecule has 3 aromatic rings. The number of alkyl halides is 3. The number of hydrogen-bond donors (Lipinski definition) is 2. The molecule has 14 heteroatoms. The Balaban J connectivity index is 1.24. The van der Waals surface area contributed by atoms with E-state index >= 15 is 0 Å². The van der Waals surface area contributed by atoms with Crippen molar-refractivity contribution in [1.82, 2.24) is 19.4 Å². The molecule has 2 saturated heterocycles. The summed E-state index contributed by atoms with van der Waals surface area (Å²) in [5.41, 5.74) is 2.84. The van der Waals surface area contributed by atoms with E-state index in [0.717, 1.165) is 34.7 Å². The summed E-state index contributed by atoms with van der Waals surface area (Å²) >= 11 is 0. The van der Waals surface area contributed by atoms with Crippen molar-refractivity contribution in [2.45, 2.75) is 69.9 Å². The van der Waals surface area contributed by atoms with E-state index in [4.69, 9.17) is 15.2 Å². The smallest absolute Gasteiger partial charge is 0.416 e. The third kappa shape index (κ3) is 8.09. The van der Waals surface area contributed by atoms with Gasteiger partial charge in [0.2, 0.25) is 11.8 Å². The summed E-state index contributed by atoms with van der Waals surface area (Å²) in [7, 11) is 0. The highest BCUT2D eigenvalue weighted by molar-refractivity contribution is 5.81. The fraction of sp³-hybridized carbons (Fsp3) is 0.471. The number of likely N-dealkylation sites (tertiary alicyclic amines) is 2. The van der Waals surface area contributed by atoms with Gasteiger partial charge in [-0.05, 0) is 63.8 Å². The topological polar surface area (TPSA) is 140 Å². The molecule has 2 aromatic carbocycles. The van der Waals surface area contributed by atoms with E-state index in [1.54, 1.807) is 9.80 Å². The van der Waals surface area contributed by atoms with Crippen LogP contribution in [0.15, 0.2) is 65.7 Å². The highest BCUT2D eigenvalue weighted by Crippen LogP contribution is 2.37. The molecule has 2 atom stereocenters. The number of nitrogens with zero attached hydrogens (tertiary/aromatic N) is 4. The van der Waals surface area contributed by atoms with E-state index in [0.29, 0.717) is 19.5 Å². The summed E-state index contributed by atoms with van der Waals surface area (Å²) in [6.45, 7) is 6.47. The zero-order chi connectivity index (χ0) is 34.9. The normalized spacial score (nSPS) is 19.9. The van der Waals surface area contributed by atoms with Crippen LogP contribution in [0.2, 0.25) is 0 Å². The maximum absolute atomic E-state index is 13.9. The van der Waals surface area contributed by atoms with Gasteiger partial charge in [-0.3, -0.25) is 14.2 Å². The van der Waals surface area contributed by atoms with Gasteiger partial charge in [0.25, 0.3) is 5.56 Å². The Kier molecular flexibility index (Phi) is 9.77. The number of amides is 2. The summed E-state index contributed by atoms with van der Waals surface area (Å²) in [4.78, 5) is 47.2. The molecule has 0 radical (unpaired) electrons. The number of aliphatic hydroxyl groups is 1. The minimum absolute atomic E-state index is 0.0612. The van der Waals surface area contributed by atoms with E-state index in [9.17, 15) is 32.7 Å². The molecule has 5 rings (SSSR count). The SMILES string of the molecule is CC(C)(C)OC(=O)N1CC[C@@H](C(=O)N2CCC(O)(Cn3cnc(Oc4cccc(C(F)(F)F)c4)c(N)c3=O)CC2)[C@H](c2ccccc2)C1. The number of piperidine rings is 2. The van der Waals surface area contributed by atoms with Gasteiger partial charge in [-0.2, -0.15) is 13.2 Å². The number of carbonyl (C=O) groups is 2. The average Bonchev–Trinajstić information content (AvgIpc) is 3.04. The Bertz CT molecular complexity index is 1680. The van der Waals surface area contributed by atoms with Gasteiger partial charge in [-0.1, -0.05) is 36.4 Å². The van der Waals surface area contributed by atoms with E-state index in [1.165, 1.54) is 6.07 Å². The summed E-state index contributed by atoms with van der Waals surface area (Å²) in [6.07, 6.45) is -3.06. The van der Waals surface area contributed by atoms with Crippen LogP contribution in [0.25, 0.3) is 0 Å². The average molecular weight is 672 g/mol. The molecule has 0 bridgehead atoms. The molecule has 0 aliphatic carbocycles. The number of rotatable bonds is 6. The minimum atomic E-state index is -4.58. The fourth-order valence-electron chi connectivity index (χ4n) is 6.16. The van der Waals surface area contributed by atoms with Gasteiger partial charge < -0.3 is 30.1 Å². The molecule has 2 aliphatic rings. The predicted molar refractivity (Wildman–Crippen MR) is 170 cm³/mol. The van der Waals surface area contributed by atoms with Crippen molar-refractivity contribution in [2.75, 3.05) is 31.9 Å². The number of nitrogens with two attached hydrogens (primary N) is 1. The number of aromatic nitrogens is 2. The van der Waals surface area contributed by atoms with E-state index in [1.807, 2.05) is 51.1 Å². The van der Waals surface area contributed by atoms with Crippen LogP contribution in [0.5, 0.6) is 11.6 Å². The minimum Gasteiger partial charge on any atom is -0.444 e. The van der Waals surface area contributed by atoms with Crippen molar-refractivity contribution in [3.8, 4) is 11.6 Å². The Morgan fingerprint density at radius 2 is 1.71 bits per heavy atom. The molecule has 2 amide bonds. The summed E-state index contributed by atoms with van der Waals surface area (Å²) in [5, 5.41) is 11.4. The Labute approximate surface area is 276 Å². The third-order valence-corrected chi connectivity index (χ3v) is 8.69. The number of anilines is 1. The highest BCUT2D eigenvalue weighted by atomic mass is 19.4. The largest absolute Gasteiger partial charge is 0.444 e. The first-order valence-corrected chi connectivity index (χ1v) is 15.8. The Morgan fingerprint density at radius 3 is 2.35 bits per heavy atom. The predicted octanol–water partition coefficient (Wildman–Crippen LogP) is 5.03. The van der Waals surface area contributed by atoms with Gasteiger partial charge >= 0.3 is 12.3 Å². The molecule has 3 heterocycles. The molecule has 0 unspecified atom stereocenters. The van der Waals surface area contributed by atoms with Crippen molar-refractivity contribution in [3.05, 3.63) is 82.4 Å². The zero-order valence-electron chi connectivity index (χ0n) is 27.1. The first-order chi connectivity index (χ1) is 22.5. The molecule has 48 heavy (non-hydrogen) atoms. The van der Waals surface area contributed by atoms with Crippen LogP contribution in [0, 0.1) is 5.92 Å². The molecule has 0 saturated carbocycles. The monoisotopic (exact) mass is 671 g/mol. The van der Waals surface area contributed by atoms with Gasteiger partial charge in [0.05, 0.1) is 17.7 Å². The number of carbonyl (C=O) groups excluding carboxylic acids is 2. The van der Waals surface area contributed by atoms with Crippen molar-refractivity contribution in [3.63, 3.8) is 0 Å². The number of ether oxygens (including phenoxy) is 2. The van der Waals surface area contributed by atoms with Crippen molar-refractivity contribution in [2.24, 2.45) is 5.92 Å². The summed E-state index contributed by atoms with van der Waals surface area (Å²) < 4.78 is 51.4. The van der Waals surface area contributed by atoms with Crippen LogP contribution < -0.4 is 16.0 Å². The lowest BCUT2D eigenvalue weighted by molar-refractivity contribution is -0.142.